The maximum Gasteiger partial charge on any atom is 0.307 e. The van der Waals surface area contributed by atoms with Gasteiger partial charge in [-0.05, 0) is 11.6 Å². The number of nitrogens with zero attached hydrogens (tertiary/aromatic N) is 1. The van der Waals surface area contributed by atoms with Gasteiger partial charge in [-0.3, -0.25) is 4.79 Å². The molecule has 0 saturated carbocycles. The summed E-state index contributed by atoms with van der Waals surface area (Å²) < 4.78 is 25.5. The average molecular weight is 315 g/mol. The summed E-state index contributed by atoms with van der Waals surface area (Å²) in [6, 6.07) is 1.16. The molecule has 0 radical (unpaired) electrons. The summed E-state index contributed by atoms with van der Waals surface area (Å²) in [4.78, 5) is 14.3. The van der Waals surface area contributed by atoms with Crippen molar-refractivity contribution in [2.75, 3.05) is 0 Å². The summed E-state index contributed by atoms with van der Waals surface area (Å²) in [6.45, 7) is 0. The Morgan fingerprint density at radius 1 is 1.62 bits per heavy atom. The van der Waals surface area contributed by atoms with E-state index in [1.165, 1.54) is 0 Å². The smallest absolute Gasteiger partial charge is 0.307 e. The van der Waals surface area contributed by atoms with E-state index in [9.17, 15) is 13.6 Å². The van der Waals surface area contributed by atoms with Crippen molar-refractivity contribution >= 4 is 33.5 Å². The van der Waals surface area contributed by atoms with Crippen LogP contribution in [0.3, 0.4) is 0 Å². The Bertz CT molecular complexity index is 415. The lowest BCUT2D eigenvalue weighted by Gasteiger charge is -2.11. The SMILES string of the molecule is O=C(O)Cc1cc(Cl)nc(CBr)c1C(F)F. The van der Waals surface area contributed by atoms with Gasteiger partial charge in [-0.1, -0.05) is 27.5 Å². The summed E-state index contributed by atoms with van der Waals surface area (Å²) in [5, 5.41) is 8.71. The van der Waals surface area contributed by atoms with Crippen molar-refractivity contribution < 1.29 is 18.7 Å². The van der Waals surface area contributed by atoms with Gasteiger partial charge in [0.25, 0.3) is 6.43 Å². The number of carboxylic acids is 1. The van der Waals surface area contributed by atoms with Crippen LogP contribution in [0.1, 0.15) is 23.2 Å². The molecule has 0 aliphatic heterocycles. The monoisotopic (exact) mass is 313 g/mol. The molecule has 0 fully saturated rings. The first kappa shape index (κ1) is 13.3. The lowest BCUT2D eigenvalue weighted by Crippen LogP contribution is -2.08. The zero-order valence-electron chi connectivity index (χ0n) is 7.88. The summed E-state index contributed by atoms with van der Waals surface area (Å²) in [6.07, 6.45) is -3.27. The molecule has 1 rings (SSSR count). The quantitative estimate of drug-likeness (QED) is 0.686. The zero-order chi connectivity index (χ0) is 12.3. The number of carbonyl (C=O) groups is 1. The molecule has 16 heavy (non-hydrogen) atoms. The second kappa shape index (κ2) is 5.54. The van der Waals surface area contributed by atoms with Crippen molar-refractivity contribution in [3.8, 4) is 0 Å². The minimum atomic E-state index is -2.77. The van der Waals surface area contributed by atoms with Gasteiger partial charge < -0.3 is 5.11 Å². The number of aliphatic carboxylic acids is 1. The van der Waals surface area contributed by atoms with Crippen molar-refractivity contribution in [3.05, 3.63) is 28.0 Å². The van der Waals surface area contributed by atoms with Crippen molar-refractivity contribution in [1.82, 2.24) is 4.98 Å². The van der Waals surface area contributed by atoms with Gasteiger partial charge >= 0.3 is 5.97 Å². The van der Waals surface area contributed by atoms with E-state index in [2.05, 4.69) is 20.9 Å². The molecule has 1 N–H and O–H groups in total. The molecule has 3 nitrogen and oxygen atoms in total. The van der Waals surface area contributed by atoms with Gasteiger partial charge in [0.1, 0.15) is 5.15 Å². The first-order chi connectivity index (χ1) is 7.45. The fraction of sp³-hybridized carbons (Fsp3) is 0.333. The number of hydrogen-bond donors (Lipinski definition) is 1. The maximum absolute atomic E-state index is 12.8. The Morgan fingerprint density at radius 3 is 2.69 bits per heavy atom. The predicted octanol–water partition coefficient (Wildman–Crippen LogP) is 3.19. The number of carboxylic acid groups (broad SMARTS) is 1. The van der Waals surface area contributed by atoms with Crippen LogP contribution in [0.2, 0.25) is 5.15 Å². The highest BCUT2D eigenvalue weighted by atomic mass is 79.9. The van der Waals surface area contributed by atoms with E-state index in [1.807, 2.05) is 0 Å². The van der Waals surface area contributed by atoms with E-state index in [0.29, 0.717) is 0 Å². The van der Waals surface area contributed by atoms with E-state index >= 15 is 0 Å². The van der Waals surface area contributed by atoms with Crippen molar-refractivity contribution in [1.29, 1.82) is 0 Å². The van der Waals surface area contributed by atoms with E-state index < -0.39 is 18.8 Å². The van der Waals surface area contributed by atoms with E-state index in [0.717, 1.165) is 6.07 Å². The molecule has 1 heterocycles. The highest BCUT2D eigenvalue weighted by molar-refractivity contribution is 9.08. The molecule has 0 aliphatic carbocycles. The average Bonchev–Trinajstić information content (AvgIpc) is 2.14. The standard InChI is InChI=1S/C9H7BrClF2NO2/c10-3-5-8(9(12)13)4(2-7(15)16)1-6(11)14-5/h1,9H,2-3H2,(H,15,16). The van der Waals surface area contributed by atoms with Crippen LogP contribution in [0.15, 0.2) is 6.07 Å². The van der Waals surface area contributed by atoms with Crippen LogP contribution in [0.4, 0.5) is 8.78 Å². The van der Waals surface area contributed by atoms with E-state index in [4.69, 9.17) is 16.7 Å². The molecule has 0 aromatic carbocycles. The summed E-state index contributed by atoms with van der Waals surface area (Å²) >= 11 is 8.63. The predicted molar refractivity (Wildman–Crippen MR) is 58.2 cm³/mol. The van der Waals surface area contributed by atoms with Gasteiger partial charge in [0.2, 0.25) is 0 Å². The van der Waals surface area contributed by atoms with E-state index in [1.54, 1.807) is 0 Å². The van der Waals surface area contributed by atoms with Gasteiger partial charge in [0, 0.05) is 10.9 Å². The highest BCUT2D eigenvalue weighted by Crippen LogP contribution is 2.29. The Labute approximate surface area is 104 Å². The number of pyridine rings is 1. The number of halogens is 4. The fourth-order valence-corrected chi connectivity index (χ4v) is 1.97. The molecule has 1 aromatic rings. The first-order valence-corrected chi connectivity index (χ1v) is 5.69. The van der Waals surface area contributed by atoms with Crippen LogP contribution in [-0.4, -0.2) is 16.1 Å². The van der Waals surface area contributed by atoms with Crippen LogP contribution in [0, 0.1) is 0 Å². The van der Waals surface area contributed by atoms with Crippen LogP contribution < -0.4 is 0 Å². The zero-order valence-corrected chi connectivity index (χ0v) is 10.2. The van der Waals surface area contributed by atoms with Crippen LogP contribution in [0.25, 0.3) is 0 Å². The van der Waals surface area contributed by atoms with Gasteiger partial charge in [-0.25, -0.2) is 13.8 Å². The van der Waals surface area contributed by atoms with Crippen molar-refractivity contribution in [2.45, 2.75) is 18.2 Å². The molecule has 0 unspecified atom stereocenters. The molecule has 0 amide bonds. The van der Waals surface area contributed by atoms with Crippen LogP contribution >= 0.6 is 27.5 Å². The highest BCUT2D eigenvalue weighted by Gasteiger charge is 2.21. The van der Waals surface area contributed by atoms with Crippen LogP contribution in [-0.2, 0) is 16.5 Å². The van der Waals surface area contributed by atoms with Gasteiger partial charge in [-0.15, -0.1) is 0 Å². The lowest BCUT2D eigenvalue weighted by molar-refractivity contribution is -0.136. The topological polar surface area (TPSA) is 50.2 Å². The van der Waals surface area contributed by atoms with Crippen molar-refractivity contribution in [2.24, 2.45) is 0 Å². The maximum atomic E-state index is 12.8. The second-order valence-corrected chi connectivity index (χ2v) is 3.92. The Hall–Kier alpha value is -0.750. The minimum Gasteiger partial charge on any atom is -0.481 e. The summed E-state index contributed by atoms with van der Waals surface area (Å²) in [5.74, 6) is -1.19. The van der Waals surface area contributed by atoms with Crippen LogP contribution in [0.5, 0.6) is 0 Å². The fourth-order valence-electron chi connectivity index (χ4n) is 1.31. The third-order valence-electron chi connectivity index (χ3n) is 1.88. The molecule has 0 atom stereocenters. The molecule has 7 heteroatoms. The third kappa shape index (κ3) is 3.12. The number of aromatic nitrogens is 1. The lowest BCUT2D eigenvalue weighted by atomic mass is 10.0. The largest absolute Gasteiger partial charge is 0.481 e. The normalized spacial score (nSPS) is 10.8. The number of alkyl halides is 3. The summed E-state index contributed by atoms with van der Waals surface area (Å²) in [7, 11) is 0. The minimum absolute atomic E-state index is 0.00282. The molecule has 0 aliphatic rings. The van der Waals surface area contributed by atoms with Gasteiger partial charge in [0.05, 0.1) is 12.1 Å². The Morgan fingerprint density at radius 2 is 2.25 bits per heavy atom. The van der Waals surface area contributed by atoms with Crippen molar-refractivity contribution in [3.63, 3.8) is 0 Å². The molecule has 1 aromatic heterocycles. The molecule has 88 valence electrons. The Balaban J connectivity index is 3.32. The first-order valence-electron chi connectivity index (χ1n) is 4.19. The number of rotatable bonds is 4. The molecule has 0 spiro atoms. The van der Waals surface area contributed by atoms with Gasteiger partial charge in [-0.2, -0.15) is 0 Å². The number of hydrogen-bond acceptors (Lipinski definition) is 2. The molecule has 0 bridgehead atoms. The molecular weight excluding hydrogens is 307 g/mol. The second-order valence-electron chi connectivity index (χ2n) is 2.97. The Kier molecular flexibility index (Phi) is 4.61. The third-order valence-corrected chi connectivity index (χ3v) is 2.60. The molecule has 0 saturated heterocycles. The van der Waals surface area contributed by atoms with Gasteiger partial charge in [0.15, 0.2) is 0 Å². The molecular formula is C9H7BrClF2NO2. The summed E-state index contributed by atoms with van der Waals surface area (Å²) in [5.41, 5.74) is -0.292. The van der Waals surface area contributed by atoms with E-state index in [-0.39, 0.29) is 27.3 Å².